The first-order chi connectivity index (χ1) is 15.9. The van der Waals surface area contributed by atoms with Gasteiger partial charge in [0.1, 0.15) is 18.1 Å². The third kappa shape index (κ3) is 6.85. The monoisotopic (exact) mass is 530 g/mol. The number of aromatic nitrogens is 3. The highest BCUT2D eigenvalue weighted by Gasteiger charge is 2.16. The van der Waals surface area contributed by atoms with Gasteiger partial charge in [-0.15, -0.1) is 16.8 Å². The zero-order valence-electron chi connectivity index (χ0n) is 18.9. The number of ether oxygens (including phenoxy) is 2. The second-order valence-corrected chi connectivity index (χ2v) is 9.35. The van der Waals surface area contributed by atoms with Crippen molar-refractivity contribution in [1.29, 1.82) is 0 Å². The molecule has 3 rings (SSSR count). The molecular formula is C24H27BrN4O3S. The van der Waals surface area contributed by atoms with Crippen LogP contribution >= 0.6 is 27.7 Å². The maximum Gasteiger partial charge on any atom is 0.234 e. The Kier molecular flexibility index (Phi) is 8.96. The van der Waals surface area contributed by atoms with E-state index in [0.29, 0.717) is 34.9 Å². The van der Waals surface area contributed by atoms with Gasteiger partial charge in [0.05, 0.1) is 12.9 Å². The number of hydrogen-bond donors (Lipinski definition) is 1. The summed E-state index contributed by atoms with van der Waals surface area (Å²) >= 11 is 4.83. The van der Waals surface area contributed by atoms with Gasteiger partial charge in [-0.1, -0.05) is 53.7 Å². The molecule has 3 aromatic rings. The van der Waals surface area contributed by atoms with Crippen molar-refractivity contribution in [2.45, 2.75) is 38.1 Å². The highest BCUT2D eigenvalue weighted by molar-refractivity contribution is 9.10. The van der Waals surface area contributed by atoms with Crippen molar-refractivity contribution >= 4 is 39.3 Å². The van der Waals surface area contributed by atoms with E-state index in [1.807, 2.05) is 34.9 Å². The van der Waals surface area contributed by atoms with Crippen LogP contribution in [-0.2, 0) is 17.9 Å². The maximum atomic E-state index is 12.4. The first-order valence-electron chi connectivity index (χ1n) is 10.4. The summed E-state index contributed by atoms with van der Waals surface area (Å²) in [7, 11) is 1.59. The molecule has 33 heavy (non-hydrogen) atoms. The van der Waals surface area contributed by atoms with Crippen LogP contribution < -0.4 is 14.8 Å². The molecule has 0 atom stereocenters. The van der Waals surface area contributed by atoms with E-state index in [1.54, 1.807) is 19.3 Å². The topological polar surface area (TPSA) is 78.3 Å². The predicted molar refractivity (Wildman–Crippen MR) is 135 cm³/mol. The van der Waals surface area contributed by atoms with Crippen molar-refractivity contribution in [2.24, 2.45) is 0 Å². The van der Waals surface area contributed by atoms with Gasteiger partial charge in [-0.25, -0.2) is 0 Å². The lowest BCUT2D eigenvalue weighted by Crippen LogP contribution is -2.15. The van der Waals surface area contributed by atoms with Crippen LogP contribution in [0, 0.1) is 0 Å². The number of nitrogens with zero attached hydrogens (tertiary/aromatic N) is 3. The van der Waals surface area contributed by atoms with Crippen LogP contribution in [0.4, 0.5) is 5.69 Å². The van der Waals surface area contributed by atoms with Gasteiger partial charge in [0.25, 0.3) is 0 Å². The van der Waals surface area contributed by atoms with Crippen LogP contribution in [0.5, 0.6) is 11.5 Å². The predicted octanol–water partition coefficient (Wildman–Crippen LogP) is 5.67. The van der Waals surface area contributed by atoms with Crippen molar-refractivity contribution in [3.8, 4) is 11.5 Å². The first-order valence-corrected chi connectivity index (χ1v) is 12.2. The molecule has 2 aromatic carbocycles. The molecular weight excluding hydrogens is 504 g/mol. The Morgan fingerprint density at radius 2 is 2.09 bits per heavy atom. The Bertz CT molecular complexity index is 1120. The highest BCUT2D eigenvalue weighted by Crippen LogP contribution is 2.30. The van der Waals surface area contributed by atoms with Gasteiger partial charge in [0.15, 0.2) is 11.0 Å². The molecule has 0 saturated carbocycles. The number of thioether (sulfide) groups is 1. The summed E-state index contributed by atoms with van der Waals surface area (Å²) in [6.07, 6.45) is 1.77. The van der Waals surface area contributed by atoms with Crippen molar-refractivity contribution < 1.29 is 14.3 Å². The number of amides is 1. The minimum Gasteiger partial charge on any atom is -0.497 e. The number of anilines is 1. The van der Waals surface area contributed by atoms with Crippen LogP contribution in [0.3, 0.4) is 0 Å². The lowest BCUT2D eigenvalue weighted by Gasteiger charge is -2.15. The van der Waals surface area contributed by atoms with E-state index < -0.39 is 0 Å². The summed E-state index contributed by atoms with van der Waals surface area (Å²) in [5.41, 5.74) is 1.79. The smallest absolute Gasteiger partial charge is 0.234 e. The molecule has 174 valence electrons. The van der Waals surface area contributed by atoms with E-state index in [1.165, 1.54) is 11.8 Å². The van der Waals surface area contributed by atoms with E-state index in [0.717, 1.165) is 15.8 Å². The van der Waals surface area contributed by atoms with E-state index in [4.69, 9.17) is 9.47 Å². The molecule has 7 nitrogen and oxygen atoms in total. The lowest BCUT2D eigenvalue weighted by molar-refractivity contribution is -0.113. The molecule has 0 aliphatic carbocycles. The van der Waals surface area contributed by atoms with Gasteiger partial charge in [-0.2, -0.15) is 0 Å². The third-order valence-corrected chi connectivity index (χ3v) is 6.20. The molecule has 0 bridgehead atoms. The van der Waals surface area contributed by atoms with Gasteiger partial charge >= 0.3 is 0 Å². The standard InChI is InChI=1S/C24H27BrN4O3S/c1-5-11-29-22(14-32-21-10-9-17(25)12-20(21)16(2)3)27-28-24(29)33-15-23(30)26-18-7-6-8-19(13-18)31-4/h5-10,12-13,16H,1,11,14-15H2,2-4H3,(H,26,30). The summed E-state index contributed by atoms with van der Waals surface area (Å²) in [6, 6.07) is 13.2. The molecule has 9 heteroatoms. The number of benzene rings is 2. The van der Waals surface area contributed by atoms with Crippen molar-refractivity contribution in [3.63, 3.8) is 0 Å². The summed E-state index contributed by atoms with van der Waals surface area (Å²) in [5.74, 6) is 2.53. The molecule has 1 aromatic heterocycles. The molecule has 0 saturated heterocycles. The Morgan fingerprint density at radius 1 is 1.27 bits per heavy atom. The Balaban J connectivity index is 1.65. The number of nitrogens with one attached hydrogen (secondary N) is 1. The Labute approximate surface area is 206 Å². The average Bonchev–Trinajstić information content (AvgIpc) is 3.18. The van der Waals surface area contributed by atoms with E-state index in [9.17, 15) is 4.79 Å². The molecule has 0 fully saturated rings. The number of hydrogen-bond acceptors (Lipinski definition) is 6. The average molecular weight is 531 g/mol. The molecule has 0 unspecified atom stereocenters. The van der Waals surface area contributed by atoms with Crippen molar-refractivity contribution in [3.05, 3.63) is 71.0 Å². The summed E-state index contributed by atoms with van der Waals surface area (Å²) < 4.78 is 14.2. The second kappa shape index (κ2) is 11.9. The Morgan fingerprint density at radius 3 is 2.82 bits per heavy atom. The lowest BCUT2D eigenvalue weighted by atomic mass is 10.0. The molecule has 0 radical (unpaired) electrons. The minimum absolute atomic E-state index is 0.143. The second-order valence-electron chi connectivity index (χ2n) is 7.49. The molecule has 0 aliphatic heterocycles. The number of carbonyl (C=O) groups excluding carboxylic acids is 1. The minimum atomic E-state index is -0.143. The van der Waals surface area contributed by atoms with Gasteiger partial charge in [-0.05, 0) is 41.8 Å². The Hall–Kier alpha value is -2.78. The maximum absolute atomic E-state index is 12.4. The van der Waals surface area contributed by atoms with Crippen molar-refractivity contribution in [2.75, 3.05) is 18.2 Å². The normalized spacial score (nSPS) is 10.8. The fourth-order valence-electron chi connectivity index (χ4n) is 3.12. The van der Waals surface area contributed by atoms with Crippen LogP contribution in [0.25, 0.3) is 0 Å². The van der Waals surface area contributed by atoms with Gasteiger partial charge in [-0.3, -0.25) is 9.36 Å². The number of carbonyl (C=O) groups is 1. The van der Waals surface area contributed by atoms with Crippen LogP contribution in [0.1, 0.15) is 31.2 Å². The first kappa shape index (κ1) is 24.9. The fraction of sp³-hybridized carbons (Fsp3) is 0.292. The molecule has 1 N–H and O–H groups in total. The zero-order valence-corrected chi connectivity index (χ0v) is 21.3. The summed E-state index contributed by atoms with van der Waals surface area (Å²) in [4.78, 5) is 12.4. The van der Waals surface area contributed by atoms with Crippen LogP contribution in [-0.4, -0.2) is 33.5 Å². The van der Waals surface area contributed by atoms with Crippen LogP contribution in [0.2, 0.25) is 0 Å². The SMILES string of the molecule is C=CCn1c(COc2ccc(Br)cc2C(C)C)nnc1SCC(=O)Nc1cccc(OC)c1. The van der Waals surface area contributed by atoms with Gasteiger partial charge in [0.2, 0.25) is 5.91 Å². The zero-order chi connectivity index (χ0) is 23.8. The number of halogens is 1. The fourth-order valence-corrected chi connectivity index (χ4v) is 4.26. The molecule has 0 aliphatic rings. The van der Waals surface area contributed by atoms with Crippen molar-refractivity contribution in [1.82, 2.24) is 14.8 Å². The third-order valence-electron chi connectivity index (χ3n) is 4.74. The largest absolute Gasteiger partial charge is 0.497 e. The summed E-state index contributed by atoms with van der Waals surface area (Å²) in [6.45, 7) is 8.86. The number of methoxy groups -OCH3 is 1. The number of allylic oxidation sites excluding steroid dienone is 1. The quantitative estimate of drug-likeness (QED) is 0.254. The van der Waals surface area contributed by atoms with E-state index in [-0.39, 0.29) is 18.3 Å². The van der Waals surface area contributed by atoms with E-state index in [2.05, 4.69) is 57.9 Å². The van der Waals surface area contributed by atoms with Crippen LogP contribution in [0.15, 0.2) is 64.7 Å². The molecule has 1 heterocycles. The number of rotatable bonds is 11. The van der Waals surface area contributed by atoms with Gasteiger partial charge < -0.3 is 14.8 Å². The molecule has 0 spiro atoms. The molecule has 1 amide bonds. The highest BCUT2D eigenvalue weighted by atomic mass is 79.9. The van der Waals surface area contributed by atoms with E-state index >= 15 is 0 Å². The van der Waals surface area contributed by atoms with Gasteiger partial charge in [0, 0.05) is 22.8 Å². The summed E-state index contributed by atoms with van der Waals surface area (Å²) in [5, 5.41) is 12.1.